The van der Waals surface area contributed by atoms with E-state index in [0.29, 0.717) is 30.4 Å². The fourth-order valence-corrected chi connectivity index (χ4v) is 6.35. The third-order valence-electron chi connectivity index (χ3n) is 7.41. The quantitative estimate of drug-likeness (QED) is 0.333. The Morgan fingerprint density at radius 1 is 1.14 bits per heavy atom. The highest BCUT2D eigenvalue weighted by atomic mass is 32.1. The van der Waals surface area contributed by atoms with Crippen molar-refractivity contribution in [3.8, 4) is 5.75 Å². The molecule has 12 heteroatoms. The number of non-ortho nitro benzene ring substituents is 1. The molecule has 0 N–H and O–H groups in total. The summed E-state index contributed by atoms with van der Waals surface area (Å²) in [7, 11) is 1.64. The number of nitrogens with zero attached hydrogens (tertiary/aromatic N) is 4. The smallest absolute Gasteiger partial charge is 0.416 e. The first-order chi connectivity index (χ1) is 17.6. The van der Waals surface area contributed by atoms with Crippen LogP contribution in [0.2, 0.25) is 0 Å². The summed E-state index contributed by atoms with van der Waals surface area (Å²) in [6.45, 7) is 3.99. The number of rotatable bonds is 5. The number of methoxy groups -OCH3 is 1. The van der Waals surface area contributed by atoms with Crippen molar-refractivity contribution < 1.29 is 22.8 Å². The SMILES string of the molecule is COc1ccc(CN2CCC3(CC2)CCN(c2nc(=O)c4cc(C(F)(F)F)cc([N+](=O)[O-])c4s2)C3)cc1. The molecule has 0 saturated carbocycles. The van der Waals surface area contributed by atoms with Crippen LogP contribution in [0.1, 0.15) is 30.4 Å². The molecule has 2 fully saturated rings. The number of ether oxygens (including phenoxy) is 1. The Kier molecular flexibility index (Phi) is 6.57. The first-order valence-corrected chi connectivity index (χ1v) is 12.7. The molecular weight excluding hydrogens is 509 g/mol. The number of halogens is 3. The lowest BCUT2D eigenvalue weighted by Crippen LogP contribution is -2.41. The third kappa shape index (κ3) is 5.12. The zero-order valence-electron chi connectivity index (χ0n) is 20.1. The lowest BCUT2D eigenvalue weighted by Gasteiger charge is -2.39. The molecule has 196 valence electrons. The van der Waals surface area contributed by atoms with Gasteiger partial charge in [-0.05, 0) is 61.5 Å². The molecule has 0 bridgehead atoms. The predicted molar refractivity (Wildman–Crippen MR) is 134 cm³/mol. The van der Waals surface area contributed by atoms with E-state index < -0.39 is 27.9 Å². The summed E-state index contributed by atoms with van der Waals surface area (Å²) in [5, 5.41) is 11.5. The summed E-state index contributed by atoms with van der Waals surface area (Å²) in [6, 6.07) is 9.17. The van der Waals surface area contributed by atoms with Crippen molar-refractivity contribution in [2.75, 3.05) is 38.2 Å². The second-order valence-electron chi connectivity index (χ2n) is 9.72. The minimum atomic E-state index is -4.81. The molecule has 0 amide bonds. The maximum atomic E-state index is 13.2. The van der Waals surface area contributed by atoms with Crippen molar-refractivity contribution in [3.05, 3.63) is 68.0 Å². The lowest BCUT2D eigenvalue weighted by molar-refractivity contribution is -0.383. The Balaban J connectivity index is 1.32. The maximum Gasteiger partial charge on any atom is 0.416 e. The summed E-state index contributed by atoms with van der Waals surface area (Å²) >= 11 is 0.910. The monoisotopic (exact) mass is 534 g/mol. The molecule has 0 unspecified atom stereocenters. The number of likely N-dealkylation sites (tertiary alicyclic amines) is 1. The first kappa shape index (κ1) is 25.4. The molecule has 8 nitrogen and oxygen atoms in total. The van der Waals surface area contributed by atoms with Crippen LogP contribution >= 0.6 is 11.3 Å². The van der Waals surface area contributed by atoms with Gasteiger partial charge in [0.15, 0.2) is 5.13 Å². The van der Waals surface area contributed by atoms with E-state index in [1.165, 1.54) is 5.56 Å². The van der Waals surface area contributed by atoms with Crippen LogP contribution in [0.15, 0.2) is 41.2 Å². The Bertz CT molecular complexity index is 1390. The number of nitro benzene ring substituents is 1. The first-order valence-electron chi connectivity index (χ1n) is 11.9. The van der Waals surface area contributed by atoms with Crippen LogP contribution in [-0.4, -0.2) is 48.1 Å². The van der Waals surface area contributed by atoms with Crippen LogP contribution in [0.3, 0.4) is 0 Å². The molecule has 1 aromatic heterocycles. The van der Waals surface area contributed by atoms with Crippen LogP contribution in [0, 0.1) is 15.5 Å². The van der Waals surface area contributed by atoms with Crippen LogP contribution in [0.4, 0.5) is 24.0 Å². The number of fused-ring (bicyclic) bond motifs is 1. The van der Waals surface area contributed by atoms with Gasteiger partial charge in [0, 0.05) is 25.7 Å². The number of hydrogen-bond acceptors (Lipinski definition) is 8. The normalized spacial score (nSPS) is 18.0. The van der Waals surface area contributed by atoms with E-state index >= 15 is 0 Å². The highest BCUT2D eigenvalue weighted by Gasteiger charge is 2.41. The van der Waals surface area contributed by atoms with Crippen LogP contribution in [0.25, 0.3) is 10.1 Å². The highest BCUT2D eigenvalue weighted by molar-refractivity contribution is 7.22. The lowest BCUT2D eigenvalue weighted by atomic mass is 9.77. The van der Waals surface area contributed by atoms with Crippen molar-refractivity contribution in [1.82, 2.24) is 9.88 Å². The molecular formula is C25H25F3N4O4S. The molecule has 0 atom stereocenters. The molecule has 3 aromatic rings. The maximum absolute atomic E-state index is 13.2. The number of hydrogen-bond donors (Lipinski definition) is 0. The van der Waals surface area contributed by atoms with E-state index in [0.717, 1.165) is 56.0 Å². The summed E-state index contributed by atoms with van der Waals surface area (Å²) in [5.74, 6) is 0.822. The summed E-state index contributed by atoms with van der Waals surface area (Å²) < 4.78 is 44.9. The van der Waals surface area contributed by atoms with Crippen molar-refractivity contribution >= 4 is 32.2 Å². The average molecular weight is 535 g/mol. The molecule has 37 heavy (non-hydrogen) atoms. The van der Waals surface area contributed by atoms with Crippen molar-refractivity contribution in [2.24, 2.45) is 5.41 Å². The van der Waals surface area contributed by atoms with Gasteiger partial charge in [-0.1, -0.05) is 23.5 Å². The highest BCUT2D eigenvalue weighted by Crippen LogP contribution is 2.44. The van der Waals surface area contributed by atoms with E-state index in [1.807, 2.05) is 17.0 Å². The Morgan fingerprint density at radius 2 is 1.81 bits per heavy atom. The van der Waals surface area contributed by atoms with Gasteiger partial charge in [0.05, 0.1) is 23.0 Å². The van der Waals surface area contributed by atoms with Gasteiger partial charge in [-0.25, -0.2) is 0 Å². The standard InChI is InChI=1S/C25H25F3N4O4S/c1-36-18-4-2-16(3-5-18)14-30-9-6-24(7-10-30)8-11-31(15-24)23-29-22(33)19-12-17(25(26,27)28)13-20(32(34)35)21(19)37-23/h2-5,12-13H,6-11,14-15H2,1H3. The van der Waals surface area contributed by atoms with E-state index in [9.17, 15) is 28.1 Å². The molecule has 3 heterocycles. The molecule has 2 aliphatic rings. The van der Waals surface area contributed by atoms with Gasteiger partial charge >= 0.3 is 6.18 Å². The average Bonchev–Trinajstić information content (AvgIpc) is 3.28. The van der Waals surface area contributed by atoms with Gasteiger partial charge in [0.2, 0.25) is 0 Å². The zero-order chi connectivity index (χ0) is 26.4. The van der Waals surface area contributed by atoms with E-state index in [1.54, 1.807) is 7.11 Å². The second kappa shape index (κ2) is 9.56. The number of anilines is 1. The molecule has 2 aromatic carbocycles. The van der Waals surface area contributed by atoms with Crippen LogP contribution in [-0.2, 0) is 12.7 Å². The van der Waals surface area contributed by atoms with E-state index in [2.05, 4.69) is 22.0 Å². The summed E-state index contributed by atoms with van der Waals surface area (Å²) in [4.78, 5) is 31.8. The third-order valence-corrected chi connectivity index (χ3v) is 8.57. The minimum Gasteiger partial charge on any atom is -0.497 e. The molecule has 1 spiro atoms. The topological polar surface area (TPSA) is 88.8 Å². The molecule has 2 saturated heterocycles. The minimum absolute atomic E-state index is 0.0505. The van der Waals surface area contributed by atoms with Crippen LogP contribution in [0.5, 0.6) is 5.75 Å². The second-order valence-corrected chi connectivity index (χ2v) is 10.7. The fourth-order valence-electron chi connectivity index (χ4n) is 5.26. The zero-order valence-corrected chi connectivity index (χ0v) is 20.9. The number of aromatic nitrogens is 1. The van der Waals surface area contributed by atoms with Gasteiger partial charge in [-0.15, -0.1) is 0 Å². The largest absolute Gasteiger partial charge is 0.497 e. The molecule has 0 radical (unpaired) electrons. The van der Waals surface area contributed by atoms with Crippen molar-refractivity contribution in [2.45, 2.75) is 32.0 Å². The van der Waals surface area contributed by atoms with Gasteiger partial charge in [0.1, 0.15) is 10.4 Å². The van der Waals surface area contributed by atoms with Gasteiger partial charge in [-0.3, -0.25) is 19.8 Å². The van der Waals surface area contributed by atoms with Crippen LogP contribution < -0.4 is 15.2 Å². The van der Waals surface area contributed by atoms with Gasteiger partial charge in [-0.2, -0.15) is 18.2 Å². The van der Waals surface area contributed by atoms with Gasteiger partial charge < -0.3 is 9.64 Å². The van der Waals surface area contributed by atoms with Crippen molar-refractivity contribution in [3.63, 3.8) is 0 Å². The summed E-state index contributed by atoms with van der Waals surface area (Å²) in [6.07, 6.45) is -1.97. The van der Waals surface area contributed by atoms with E-state index in [-0.39, 0.29) is 15.5 Å². The van der Waals surface area contributed by atoms with Crippen molar-refractivity contribution in [1.29, 1.82) is 0 Å². The summed E-state index contributed by atoms with van der Waals surface area (Å²) in [5.41, 5.74) is -1.57. The fraction of sp³-hybridized carbons (Fsp3) is 0.440. The number of nitro groups is 1. The molecule has 2 aliphatic heterocycles. The number of piperidine rings is 1. The molecule has 5 rings (SSSR count). The Labute approximate surface area is 214 Å². The van der Waals surface area contributed by atoms with Gasteiger partial charge in [0.25, 0.3) is 11.2 Å². The number of benzene rings is 2. The number of alkyl halides is 3. The Morgan fingerprint density at radius 3 is 2.43 bits per heavy atom. The van der Waals surface area contributed by atoms with E-state index in [4.69, 9.17) is 4.74 Å². The molecule has 0 aliphatic carbocycles. The predicted octanol–water partition coefficient (Wildman–Crippen LogP) is 5.08. The Hall–Kier alpha value is -3.25.